The minimum absolute atomic E-state index is 0.0474. The molecule has 170 valence electrons. The van der Waals surface area contributed by atoms with Crippen LogP contribution in [0.25, 0.3) is 11.1 Å². The molecule has 2 amide bonds. The molecule has 2 aromatic rings. The number of fused-ring (bicyclic) bond motifs is 3. The lowest BCUT2D eigenvalue weighted by Crippen LogP contribution is -2.41. The molecule has 3 rings (SSSR count). The van der Waals surface area contributed by atoms with Crippen LogP contribution in [0.1, 0.15) is 43.7 Å². The molecule has 8 heteroatoms. The number of benzene rings is 2. The van der Waals surface area contributed by atoms with Gasteiger partial charge in [-0.1, -0.05) is 61.9 Å². The molecule has 2 unspecified atom stereocenters. The minimum atomic E-state index is -1.19. The highest BCUT2D eigenvalue weighted by Gasteiger charge is 2.29. The van der Waals surface area contributed by atoms with Gasteiger partial charge in [0.25, 0.3) is 0 Å². The number of carbonyl (C=O) groups excluding carboxylic acids is 2. The fraction of sp³-hybridized carbons (Fsp3) is 0.375. The van der Waals surface area contributed by atoms with Crippen molar-refractivity contribution < 1.29 is 29.1 Å². The molecule has 0 bridgehead atoms. The molecule has 0 aromatic heterocycles. The van der Waals surface area contributed by atoms with E-state index in [0.717, 1.165) is 22.3 Å². The normalized spacial score (nSPS) is 14.1. The molecule has 32 heavy (non-hydrogen) atoms. The topological polar surface area (TPSA) is 114 Å². The van der Waals surface area contributed by atoms with Gasteiger partial charge >= 0.3 is 12.1 Å². The molecule has 2 aromatic carbocycles. The van der Waals surface area contributed by atoms with E-state index in [9.17, 15) is 14.4 Å². The molecular weight excluding hydrogens is 412 g/mol. The van der Waals surface area contributed by atoms with Crippen LogP contribution in [0.5, 0.6) is 0 Å². The molecule has 0 saturated carbocycles. The van der Waals surface area contributed by atoms with E-state index < -0.39 is 30.0 Å². The lowest BCUT2D eigenvalue weighted by atomic mass is 9.98. The van der Waals surface area contributed by atoms with E-state index in [4.69, 9.17) is 14.7 Å². The summed E-state index contributed by atoms with van der Waals surface area (Å²) in [5.41, 5.74) is 6.69. The van der Waals surface area contributed by atoms with Crippen molar-refractivity contribution in [2.45, 2.75) is 38.7 Å². The summed E-state index contributed by atoms with van der Waals surface area (Å²) in [6, 6.07) is 16.1. The van der Waals surface area contributed by atoms with Gasteiger partial charge in [0.1, 0.15) is 6.61 Å². The van der Waals surface area contributed by atoms with Crippen LogP contribution in [0.2, 0.25) is 0 Å². The molecule has 0 radical (unpaired) electrons. The Morgan fingerprint density at radius 3 is 2.19 bits per heavy atom. The highest BCUT2D eigenvalue weighted by Crippen LogP contribution is 2.44. The summed E-state index contributed by atoms with van der Waals surface area (Å²) >= 11 is 0. The average molecular weight is 440 g/mol. The maximum atomic E-state index is 12.3. The van der Waals surface area contributed by atoms with E-state index in [2.05, 4.69) is 22.9 Å². The van der Waals surface area contributed by atoms with Crippen LogP contribution in [0.3, 0.4) is 0 Å². The number of carboxylic acid groups (broad SMARTS) is 1. The molecule has 0 spiro atoms. The lowest BCUT2D eigenvalue weighted by Gasteiger charge is -2.18. The minimum Gasteiger partial charge on any atom is -0.479 e. The van der Waals surface area contributed by atoms with Crippen LogP contribution in [0.4, 0.5) is 4.79 Å². The fourth-order valence-corrected chi connectivity index (χ4v) is 3.81. The van der Waals surface area contributed by atoms with Gasteiger partial charge in [-0.05, 0) is 35.6 Å². The standard InChI is InChI=1S/C24H28N2O6/c1-3-8-16(22(27)26-32-15(2)23(28)29)13-25-24(30)31-14-21-19-11-6-4-9-17(19)18-10-5-7-12-20(18)21/h4-7,9-12,15-16,21H,3,8,13-14H2,1-2H3,(H,25,30)(H,26,27)(H,28,29). The van der Waals surface area contributed by atoms with Gasteiger partial charge < -0.3 is 15.2 Å². The van der Waals surface area contributed by atoms with E-state index in [1.807, 2.05) is 43.3 Å². The molecule has 1 aliphatic rings. The number of nitrogens with one attached hydrogen (secondary N) is 2. The van der Waals surface area contributed by atoms with Gasteiger partial charge in [-0.2, -0.15) is 0 Å². The zero-order chi connectivity index (χ0) is 23.1. The summed E-state index contributed by atoms with van der Waals surface area (Å²) in [6.45, 7) is 3.46. The van der Waals surface area contributed by atoms with Gasteiger partial charge in [-0.15, -0.1) is 0 Å². The summed E-state index contributed by atoms with van der Waals surface area (Å²) in [7, 11) is 0. The Balaban J connectivity index is 1.54. The summed E-state index contributed by atoms with van der Waals surface area (Å²) in [6.07, 6.45) is -0.573. The predicted octanol–water partition coefficient (Wildman–Crippen LogP) is 3.46. The van der Waals surface area contributed by atoms with Crippen molar-refractivity contribution in [2.75, 3.05) is 13.2 Å². The zero-order valence-electron chi connectivity index (χ0n) is 18.2. The summed E-state index contributed by atoms with van der Waals surface area (Å²) in [5.74, 6) is -2.29. The Hall–Kier alpha value is -3.39. The van der Waals surface area contributed by atoms with E-state index in [1.165, 1.54) is 6.92 Å². The Morgan fingerprint density at radius 2 is 1.62 bits per heavy atom. The van der Waals surface area contributed by atoms with Crippen LogP contribution in [0.15, 0.2) is 48.5 Å². The van der Waals surface area contributed by atoms with Crippen LogP contribution in [0, 0.1) is 5.92 Å². The zero-order valence-corrected chi connectivity index (χ0v) is 18.2. The van der Waals surface area contributed by atoms with Crippen molar-refractivity contribution in [3.63, 3.8) is 0 Å². The molecule has 1 aliphatic carbocycles. The number of carboxylic acids is 1. The summed E-state index contributed by atoms with van der Waals surface area (Å²) in [4.78, 5) is 40.3. The number of hydroxylamine groups is 1. The maximum Gasteiger partial charge on any atom is 0.407 e. The Kier molecular flexibility index (Phi) is 7.83. The third-order valence-electron chi connectivity index (χ3n) is 5.53. The number of hydrogen-bond donors (Lipinski definition) is 3. The van der Waals surface area contributed by atoms with Crippen LogP contribution in [-0.2, 0) is 19.2 Å². The van der Waals surface area contributed by atoms with E-state index in [0.29, 0.717) is 12.8 Å². The number of aliphatic carboxylic acids is 1. The third-order valence-corrected chi connectivity index (χ3v) is 5.53. The van der Waals surface area contributed by atoms with Crippen molar-refractivity contribution >= 4 is 18.0 Å². The van der Waals surface area contributed by atoms with Gasteiger partial charge in [0, 0.05) is 12.5 Å². The van der Waals surface area contributed by atoms with Gasteiger partial charge in [0.15, 0.2) is 6.10 Å². The number of amides is 2. The molecule has 8 nitrogen and oxygen atoms in total. The Morgan fingerprint density at radius 1 is 1.03 bits per heavy atom. The molecule has 3 N–H and O–H groups in total. The number of hydrogen-bond acceptors (Lipinski definition) is 5. The number of rotatable bonds is 10. The first-order chi connectivity index (χ1) is 15.4. The van der Waals surface area contributed by atoms with E-state index in [-0.39, 0.29) is 19.1 Å². The van der Waals surface area contributed by atoms with Crippen LogP contribution >= 0.6 is 0 Å². The first-order valence-corrected chi connectivity index (χ1v) is 10.7. The van der Waals surface area contributed by atoms with Crippen molar-refractivity contribution in [1.29, 1.82) is 0 Å². The Bertz CT molecular complexity index is 931. The van der Waals surface area contributed by atoms with Crippen LogP contribution < -0.4 is 10.8 Å². The van der Waals surface area contributed by atoms with Gasteiger partial charge in [-0.25, -0.2) is 15.1 Å². The largest absolute Gasteiger partial charge is 0.479 e. The molecule has 0 fully saturated rings. The molecule has 2 atom stereocenters. The molecule has 0 saturated heterocycles. The molecule has 0 heterocycles. The summed E-state index contributed by atoms with van der Waals surface area (Å²) < 4.78 is 5.49. The fourth-order valence-electron chi connectivity index (χ4n) is 3.81. The number of carbonyl (C=O) groups is 3. The highest BCUT2D eigenvalue weighted by atomic mass is 16.7. The van der Waals surface area contributed by atoms with Gasteiger partial charge in [0.05, 0.1) is 5.92 Å². The van der Waals surface area contributed by atoms with Crippen molar-refractivity contribution in [3.8, 4) is 11.1 Å². The second-order valence-electron chi connectivity index (χ2n) is 7.76. The predicted molar refractivity (Wildman–Crippen MR) is 118 cm³/mol. The average Bonchev–Trinajstić information content (AvgIpc) is 3.12. The summed E-state index contributed by atoms with van der Waals surface area (Å²) in [5, 5.41) is 11.5. The highest BCUT2D eigenvalue weighted by molar-refractivity contribution is 5.80. The first kappa shape index (κ1) is 23.3. The van der Waals surface area contributed by atoms with Gasteiger partial charge in [-0.3, -0.25) is 9.63 Å². The smallest absolute Gasteiger partial charge is 0.407 e. The van der Waals surface area contributed by atoms with Gasteiger partial charge in [0.2, 0.25) is 5.91 Å². The molecule has 0 aliphatic heterocycles. The Labute approximate surface area is 186 Å². The second-order valence-corrected chi connectivity index (χ2v) is 7.76. The van der Waals surface area contributed by atoms with Crippen molar-refractivity contribution in [1.82, 2.24) is 10.8 Å². The maximum absolute atomic E-state index is 12.3. The molecular formula is C24H28N2O6. The van der Waals surface area contributed by atoms with Crippen LogP contribution in [-0.4, -0.2) is 42.3 Å². The van der Waals surface area contributed by atoms with Crippen molar-refractivity contribution in [3.05, 3.63) is 59.7 Å². The van der Waals surface area contributed by atoms with E-state index in [1.54, 1.807) is 0 Å². The second kappa shape index (κ2) is 10.8. The van der Waals surface area contributed by atoms with E-state index >= 15 is 0 Å². The third kappa shape index (κ3) is 5.45. The SMILES string of the molecule is CCCC(CNC(=O)OCC1c2ccccc2-c2ccccc21)C(=O)NOC(C)C(=O)O. The number of ether oxygens (including phenoxy) is 1. The quantitative estimate of drug-likeness (QED) is 0.488. The number of alkyl carbamates (subject to hydrolysis) is 1. The monoisotopic (exact) mass is 440 g/mol. The lowest BCUT2D eigenvalue weighted by molar-refractivity contribution is -0.160. The van der Waals surface area contributed by atoms with Crippen molar-refractivity contribution in [2.24, 2.45) is 5.92 Å². The first-order valence-electron chi connectivity index (χ1n) is 10.7.